The standard InChI is InChI=1S/C27H35F4N2O4P/c28-23-10-8-22(9-11-23)26(13-2-1-3-14-26)15-4-5-17-33-24-12-7-21(19-25(24)37-27(29,30)31)20-32-16-6-18-36-38(34)35/h7-12,19,32-33H,1-6,13-18,20H2/p+1. The lowest BCUT2D eigenvalue weighted by atomic mass is 9.67. The molecule has 0 bridgehead atoms. The number of hydrogen-bond donors (Lipinski definition) is 3. The Balaban J connectivity index is 1.52. The summed E-state index contributed by atoms with van der Waals surface area (Å²) in [6, 6.07) is 11.5. The van der Waals surface area contributed by atoms with Crippen molar-refractivity contribution in [3.63, 3.8) is 0 Å². The summed E-state index contributed by atoms with van der Waals surface area (Å²) in [5.74, 6) is -0.526. The van der Waals surface area contributed by atoms with E-state index < -0.39 is 14.6 Å². The maximum absolute atomic E-state index is 13.5. The number of benzene rings is 2. The molecule has 3 N–H and O–H groups in total. The van der Waals surface area contributed by atoms with Gasteiger partial charge < -0.3 is 15.4 Å². The lowest BCUT2D eigenvalue weighted by Gasteiger charge is -2.38. The molecule has 0 aliphatic heterocycles. The van der Waals surface area contributed by atoms with Gasteiger partial charge >= 0.3 is 14.6 Å². The van der Waals surface area contributed by atoms with Crippen LogP contribution >= 0.6 is 8.25 Å². The summed E-state index contributed by atoms with van der Waals surface area (Å²) in [5, 5.41) is 6.15. The first-order valence-electron chi connectivity index (χ1n) is 13.1. The topological polar surface area (TPSA) is 79.8 Å². The van der Waals surface area contributed by atoms with Gasteiger partial charge in [0.1, 0.15) is 12.4 Å². The van der Waals surface area contributed by atoms with E-state index in [1.54, 1.807) is 12.1 Å². The van der Waals surface area contributed by atoms with Gasteiger partial charge in [-0.05, 0) is 79.5 Å². The molecular weight excluding hydrogens is 523 g/mol. The zero-order valence-electron chi connectivity index (χ0n) is 21.4. The molecule has 1 fully saturated rings. The van der Waals surface area contributed by atoms with Crippen molar-refractivity contribution in [2.75, 3.05) is 25.0 Å². The van der Waals surface area contributed by atoms with Crippen molar-refractivity contribution in [1.82, 2.24) is 5.32 Å². The van der Waals surface area contributed by atoms with Crippen LogP contribution in [-0.4, -0.2) is 31.0 Å². The Morgan fingerprint density at radius 1 is 0.974 bits per heavy atom. The molecule has 1 aliphatic carbocycles. The van der Waals surface area contributed by atoms with Crippen LogP contribution in [0.5, 0.6) is 5.75 Å². The fourth-order valence-corrected chi connectivity index (χ4v) is 5.42. The average Bonchev–Trinajstić information content (AvgIpc) is 2.87. The molecule has 0 amide bonds. The summed E-state index contributed by atoms with van der Waals surface area (Å²) in [5.41, 5.74) is 2.10. The fraction of sp³-hybridized carbons (Fsp3) is 0.556. The van der Waals surface area contributed by atoms with Crippen molar-refractivity contribution < 1.29 is 36.3 Å². The molecular formula is C27H36F4N2O4P+. The average molecular weight is 560 g/mol. The first kappa shape index (κ1) is 30.3. The monoisotopic (exact) mass is 559 g/mol. The third-order valence-corrected chi connectivity index (χ3v) is 7.37. The Labute approximate surface area is 222 Å². The molecule has 0 heterocycles. The molecule has 0 radical (unpaired) electrons. The molecule has 2 aromatic carbocycles. The van der Waals surface area contributed by atoms with E-state index in [4.69, 9.17) is 4.89 Å². The summed E-state index contributed by atoms with van der Waals surface area (Å²) in [4.78, 5) is 8.60. The van der Waals surface area contributed by atoms with Crippen LogP contribution in [0.2, 0.25) is 0 Å². The van der Waals surface area contributed by atoms with Gasteiger partial charge in [-0.1, -0.05) is 43.9 Å². The summed E-state index contributed by atoms with van der Waals surface area (Å²) in [7, 11) is -2.63. The second-order valence-electron chi connectivity index (χ2n) is 9.71. The second kappa shape index (κ2) is 14.8. The van der Waals surface area contributed by atoms with Gasteiger partial charge in [-0.2, -0.15) is 0 Å². The first-order chi connectivity index (χ1) is 18.2. The number of unbranched alkanes of at least 4 members (excludes halogenated alkanes) is 1. The molecule has 3 rings (SSSR count). The van der Waals surface area contributed by atoms with Crippen LogP contribution in [0.4, 0.5) is 23.2 Å². The van der Waals surface area contributed by atoms with Crippen molar-refractivity contribution in [2.45, 2.75) is 76.1 Å². The molecule has 2 aromatic rings. The quantitative estimate of drug-likeness (QED) is 0.120. The predicted molar refractivity (Wildman–Crippen MR) is 139 cm³/mol. The minimum absolute atomic E-state index is 0.0347. The fourth-order valence-electron chi connectivity index (χ4n) is 5.13. The molecule has 11 heteroatoms. The van der Waals surface area contributed by atoms with Crippen molar-refractivity contribution >= 4 is 13.9 Å². The van der Waals surface area contributed by atoms with Crippen molar-refractivity contribution in [1.29, 1.82) is 0 Å². The van der Waals surface area contributed by atoms with E-state index in [0.717, 1.165) is 44.9 Å². The smallest absolute Gasteiger partial charge is 0.404 e. The number of halogens is 4. The van der Waals surface area contributed by atoms with Gasteiger partial charge in [-0.25, -0.2) is 4.39 Å². The second-order valence-corrected chi connectivity index (χ2v) is 10.4. The molecule has 38 heavy (non-hydrogen) atoms. The third-order valence-electron chi connectivity index (χ3n) is 6.97. The zero-order chi connectivity index (χ0) is 27.4. The van der Waals surface area contributed by atoms with Crippen molar-refractivity contribution in [3.8, 4) is 5.75 Å². The predicted octanol–water partition coefficient (Wildman–Crippen LogP) is 7.35. The largest absolute Gasteiger partial charge is 0.694 e. The molecule has 1 saturated carbocycles. The van der Waals surface area contributed by atoms with Gasteiger partial charge in [0.2, 0.25) is 0 Å². The number of rotatable bonds is 15. The number of anilines is 1. The molecule has 6 nitrogen and oxygen atoms in total. The van der Waals surface area contributed by atoms with Gasteiger partial charge in [0.25, 0.3) is 0 Å². The molecule has 1 aliphatic rings. The van der Waals surface area contributed by atoms with E-state index in [9.17, 15) is 22.1 Å². The highest BCUT2D eigenvalue weighted by molar-refractivity contribution is 7.32. The van der Waals surface area contributed by atoms with Crippen LogP contribution in [0.25, 0.3) is 0 Å². The maximum Gasteiger partial charge on any atom is 0.694 e. The summed E-state index contributed by atoms with van der Waals surface area (Å²) < 4.78 is 71.9. The van der Waals surface area contributed by atoms with Crippen LogP contribution < -0.4 is 15.4 Å². The van der Waals surface area contributed by atoms with E-state index in [2.05, 4.69) is 19.9 Å². The Bertz CT molecular complexity index is 1020. The minimum Gasteiger partial charge on any atom is -0.404 e. The van der Waals surface area contributed by atoms with Crippen LogP contribution in [0.15, 0.2) is 42.5 Å². The van der Waals surface area contributed by atoms with Crippen LogP contribution in [0.1, 0.15) is 68.9 Å². The van der Waals surface area contributed by atoms with E-state index in [1.807, 2.05) is 12.1 Å². The summed E-state index contributed by atoms with van der Waals surface area (Å²) in [6.07, 6.45) is 3.93. The Morgan fingerprint density at radius 3 is 2.39 bits per heavy atom. The normalized spacial score (nSPS) is 15.8. The Kier molecular flexibility index (Phi) is 11.8. The van der Waals surface area contributed by atoms with Crippen LogP contribution in [0, 0.1) is 5.82 Å². The lowest BCUT2D eigenvalue weighted by molar-refractivity contribution is -0.274. The third kappa shape index (κ3) is 10.1. The molecule has 1 atom stereocenters. The Morgan fingerprint density at radius 2 is 1.71 bits per heavy atom. The molecule has 0 aromatic heterocycles. The molecule has 210 valence electrons. The maximum atomic E-state index is 13.5. The van der Waals surface area contributed by atoms with E-state index in [1.165, 1.54) is 30.2 Å². The zero-order valence-corrected chi connectivity index (χ0v) is 22.3. The van der Waals surface area contributed by atoms with E-state index in [-0.39, 0.29) is 29.3 Å². The number of nitrogens with one attached hydrogen (secondary N) is 2. The van der Waals surface area contributed by atoms with Gasteiger partial charge in [-0.3, -0.25) is 0 Å². The van der Waals surface area contributed by atoms with Crippen molar-refractivity contribution in [3.05, 3.63) is 59.4 Å². The van der Waals surface area contributed by atoms with Gasteiger partial charge in [-0.15, -0.1) is 22.6 Å². The lowest BCUT2D eigenvalue weighted by Crippen LogP contribution is -2.29. The highest BCUT2D eigenvalue weighted by atomic mass is 31.1. The summed E-state index contributed by atoms with van der Waals surface area (Å²) >= 11 is 0. The molecule has 0 saturated heterocycles. The van der Waals surface area contributed by atoms with Crippen LogP contribution in [-0.2, 0) is 21.0 Å². The van der Waals surface area contributed by atoms with Gasteiger partial charge in [0.05, 0.1) is 5.69 Å². The Hall–Kier alpha value is -2.26. The van der Waals surface area contributed by atoms with E-state index >= 15 is 0 Å². The highest BCUT2D eigenvalue weighted by Crippen LogP contribution is 2.43. The number of hydrogen-bond acceptors (Lipinski definition) is 5. The van der Waals surface area contributed by atoms with Crippen LogP contribution in [0.3, 0.4) is 0 Å². The molecule has 0 spiro atoms. The van der Waals surface area contributed by atoms with Crippen molar-refractivity contribution in [2.24, 2.45) is 0 Å². The summed E-state index contributed by atoms with van der Waals surface area (Å²) in [6.45, 7) is 1.39. The minimum atomic E-state index is -4.82. The number of alkyl halides is 3. The highest BCUT2D eigenvalue weighted by Gasteiger charge is 2.34. The van der Waals surface area contributed by atoms with Gasteiger partial charge in [0.15, 0.2) is 5.75 Å². The first-order valence-corrected chi connectivity index (χ1v) is 14.2. The molecule has 1 unspecified atom stereocenters. The van der Waals surface area contributed by atoms with E-state index in [0.29, 0.717) is 31.6 Å². The number of ether oxygens (including phenoxy) is 1. The van der Waals surface area contributed by atoms with Gasteiger partial charge in [0, 0.05) is 17.7 Å². The SMILES string of the molecule is O=[P+](O)OCCCNCc1ccc(NCCCCC2(c3ccc(F)cc3)CCCCC2)c(OC(F)(F)F)c1.